The Bertz CT molecular complexity index is 893. The fraction of sp³-hybridized carbons (Fsp3) is 0.300. The predicted octanol–water partition coefficient (Wildman–Crippen LogP) is 2.85. The van der Waals surface area contributed by atoms with Crippen LogP contribution in [-0.2, 0) is 10.0 Å². The zero-order chi connectivity index (χ0) is 19.3. The molecule has 1 aliphatic rings. The van der Waals surface area contributed by atoms with Gasteiger partial charge in [0.1, 0.15) is 16.5 Å². The summed E-state index contributed by atoms with van der Waals surface area (Å²) in [5.74, 6) is -0.441. The number of halogens is 1. The van der Waals surface area contributed by atoms with Crippen LogP contribution in [0.25, 0.3) is 6.08 Å². The lowest BCUT2D eigenvalue weighted by molar-refractivity contribution is 0.204. The molecule has 1 fully saturated rings. The fourth-order valence-corrected chi connectivity index (χ4v) is 4.63. The van der Waals surface area contributed by atoms with Crippen LogP contribution < -0.4 is 4.74 Å². The quantitative estimate of drug-likeness (QED) is 0.761. The third-order valence-corrected chi connectivity index (χ3v) is 6.47. The van der Waals surface area contributed by atoms with Crippen LogP contribution in [0.2, 0.25) is 0 Å². The average molecular weight is 390 g/mol. The molecule has 0 amide bonds. The Kier molecular flexibility index (Phi) is 6.26. The molecule has 5 nitrogen and oxygen atoms in total. The topological polar surface area (TPSA) is 49.9 Å². The van der Waals surface area contributed by atoms with Gasteiger partial charge < -0.3 is 4.74 Å². The lowest BCUT2D eigenvalue weighted by Gasteiger charge is -2.33. The van der Waals surface area contributed by atoms with Gasteiger partial charge in [0.05, 0.1) is 7.11 Å². The maximum absolute atomic E-state index is 13.6. The summed E-state index contributed by atoms with van der Waals surface area (Å²) in [5, 5.41) is 0. The highest BCUT2D eigenvalue weighted by Crippen LogP contribution is 2.28. The third-order valence-electron chi connectivity index (χ3n) is 4.55. The van der Waals surface area contributed by atoms with Gasteiger partial charge in [-0.3, -0.25) is 4.90 Å². The molecule has 1 heterocycles. The van der Waals surface area contributed by atoms with Gasteiger partial charge in [-0.2, -0.15) is 4.31 Å². The van der Waals surface area contributed by atoms with Crippen LogP contribution in [0.1, 0.15) is 5.56 Å². The second-order valence-electron chi connectivity index (χ2n) is 6.31. The van der Waals surface area contributed by atoms with Crippen molar-refractivity contribution in [1.82, 2.24) is 9.21 Å². The number of hydrogen-bond acceptors (Lipinski definition) is 4. The lowest BCUT2D eigenvalue weighted by Crippen LogP contribution is -2.48. The molecule has 0 bridgehead atoms. The Balaban J connectivity index is 1.61. The van der Waals surface area contributed by atoms with E-state index in [0.29, 0.717) is 26.2 Å². The molecule has 2 aromatic rings. The predicted molar refractivity (Wildman–Crippen MR) is 104 cm³/mol. The molecular formula is C20H23FN2O3S. The molecule has 1 aliphatic heterocycles. The second kappa shape index (κ2) is 8.65. The summed E-state index contributed by atoms with van der Waals surface area (Å²) in [7, 11) is -2.41. The average Bonchev–Trinajstić information content (AvgIpc) is 2.69. The van der Waals surface area contributed by atoms with E-state index in [1.807, 2.05) is 30.3 Å². The minimum absolute atomic E-state index is 0.123. The maximum Gasteiger partial charge on any atom is 0.246 e. The molecule has 0 spiro atoms. The van der Waals surface area contributed by atoms with E-state index in [0.717, 1.165) is 18.2 Å². The van der Waals surface area contributed by atoms with Gasteiger partial charge in [-0.25, -0.2) is 12.8 Å². The standard InChI is InChI=1S/C20H23FN2O3S/c1-26-19-10-9-18(21)16-20(19)27(24,25)23-14-12-22(13-15-23)11-5-8-17-6-3-2-4-7-17/h2-10,16H,11-15H2,1H3/b8-5+. The molecule has 2 aromatic carbocycles. The van der Waals surface area contributed by atoms with Crippen molar-refractivity contribution in [2.24, 2.45) is 0 Å². The van der Waals surface area contributed by atoms with Crippen LogP contribution in [0.4, 0.5) is 4.39 Å². The van der Waals surface area contributed by atoms with Gasteiger partial charge in [0.2, 0.25) is 10.0 Å². The molecule has 3 rings (SSSR count). The number of ether oxygens (including phenoxy) is 1. The number of methoxy groups -OCH3 is 1. The third kappa shape index (κ3) is 4.74. The van der Waals surface area contributed by atoms with Gasteiger partial charge in [-0.05, 0) is 23.8 Å². The molecule has 7 heteroatoms. The molecule has 0 N–H and O–H groups in total. The van der Waals surface area contributed by atoms with Crippen LogP contribution in [0, 0.1) is 5.82 Å². The highest BCUT2D eigenvalue weighted by molar-refractivity contribution is 7.89. The smallest absolute Gasteiger partial charge is 0.246 e. The number of hydrogen-bond donors (Lipinski definition) is 0. The minimum Gasteiger partial charge on any atom is -0.495 e. The summed E-state index contributed by atoms with van der Waals surface area (Å²) in [5.41, 5.74) is 1.14. The van der Waals surface area contributed by atoms with Crippen LogP contribution in [0.3, 0.4) is 0 Å². The van der Waals surface area contributed by atoms with Crippen molar-refractivity contribution in [2.75, 3.05) is 39.8 Å². The summed E-state index contributed by atoms with van der Waals surface area (Å²) in [6.07, 6.45) is 4.13. The number of nitrogens with zero attached hydrogens (tertiary/aromatic N) is 2. The molecule has 27 heavy (non-hydrogen) atoms. The zero-order valence-electron chi connectivity index (χ0n) is 15.2. The Morgan fingerprint density at radius 2 is 1.78 bits per heavy atom. The largest absolute Gasteiger partial charge is 0.495 e. The molecular weight excluding hydrogens is 367 g/mol. The second-order valence-corrected chi connectivity index (χ2v) is 8.22. The number of piperazine rings is 1. The monoisotopic (exact) mass is 390 g/mol. The number of sulfonamides is 1. The highest BCUT2D eigenvalue weighted by Gasteiger charge is 2.30. The molecule has 1 saturated heterocycles. The summed E-state index contributed by atoms with van der Waals surface area (Å²) >= 11 is 0. The van der Waals surface area contributed by atoms with Gasteiger partial charge in [-0.1, -0.05) is 42.5 Å². The normalized spacial score (nSPS) is 16.7. The molecule has 0 aliphatic carbocycles. The van der Waals surface area contributed by atoms with Crippen LogP contribution >= 0.6 is 0 Å². The lowest BCUT2D eigenvalue weighted by atomic mass is 10.2. The van der Waals surface area contributed by atoms with Gasteiger partial charge in [-0.15, -0.1) is 0 Å². The Morgan fingerprint density at radius 3 is 2.44 bits per heavy atom. The number of benzene rings is 2. The van der Waals surface area contributed by atoms with E-state index in [2.05, 4.69) is 17.1 Å². The molecule has 0 aromatic heterocycles. The molecule has 0 unspecified atom stereocenters. The van der Waals surface area contributed by atoms with E-state index in [4.69, 9.17) is 4.74 Å². The van der Waals surface area contributed by atoms with Gasteiger partial charge in [0.15, 0.2) is 0 Å². The van der Waals surface area contributed by atoms with E-state index in [-0.39, 0.29) is 10.6 Å². The van der Waals surface area contributed by atoms with Crippen molar-refractivity contribution in [2.45, 2.75) is 4.90 Å². The Hall–Kier alpha value is -2.22. The van der Waals surface area contributed by atoms with Crippen molar-refractivity contribution >= 4 is 16.1 Å². The first-order chi connectivity index (χ1) is 13.0. The van der Waals surface area contributed by atoms with Crippen molar-refractivity contribution < 1.29 is 17.5 Å². The van der Waals surface area contributed by atoms with E-state index in [1.165, 1.54) is 23.5 Å². The van der Waals surface area contributed by atoms with Crippen LogP contribution in [0.15, 0.2) is 59.5 Å². The Labute approximate surface area is 159 Å². The Morgan fingerprint density at radius 1 is 1.07 bits per heavy atom. The first-order valence-corrected chi connectivity index (χ1v) is 10.2. The van der Waals surface area contributed by atoms with Gasteiger partial charge in [0.25, 0.3) is 0 Å². The molecule has 0 radical (unpaired) electrons. The summed E-state index contributed by atoms with van der Waals surface area (Å²) in [4.78, 5) is 2.07. The van der Waals surface area contributed by atoms with Crippen molar-refractivity contribution in [3.05, 3.63) is 66.0 Å². The fourth-order valence-electron chi connectivity index (χ4n) is 3.05. The van der Waals surface area contributed by atoms with Crippen molar-refractivity contribution in [3.8, 4) is 5.75 Å². The molecule has 144 valence electrons. The van der Waals surface area contributed by atoms with E-state index < -0.39 is 15.8 Å². The van der Waals surface area contributed by atoms with Crippen molar-refractivity contribution in [1.29, 1.82) is 0 Å². The summed E-state index contributed by atoms with van der Waals surface area (Å²) < 4.78 is 45.8. The minimum atomic E-state index is -3.79. The highest BCUT2D eigenvalue weighted by atomic mass is 32.2. The van der Waals surface area contributed by atoms with Crippen molar-refractivity contribution in [3.63, 3.8) is 0 Å². The molecule has 0 saturated carbocycles. The summed E-state index contributed by atoms with van der Waals surface area (Å²) in [6, 6.07) is 13.6. The number of rotatable bonds is 6. The SMILES string of the molecule is COc1ccc(F)cc1S(=O)(=O)N1CCN(C/C=C/c2ccccc2)CC1. The first-order valence-electron chi connectivity index (χ1n) is 8.78. The van der Waals surface area contributed by atoms with E-state index >= 15 is 0 Å². The van der Waals surface area contributed by atoms with E-state index in [1.54, 1.807) is 0 Å². The maximum atomic E-state index is 13.6. The first kappa shape index (κ1) is 19.5. The zero-order valence-corrected chi connectivity index (χ0v) is 16.0. The summed E-state index contributed by atoms with van der Waals surface area (Å²) in [6.45, 7) is 2.72. The van der Waals surface area contributed by atoms with Crippen LogP contribution in [-0.4, -0.2) is 57.5 Å². The molecule has 0 atom stereocenters. The van der Waals surface area contributed by atoms with Gasteiger partial charge >= 0.3 is 0 Å². The van der Waals surface area contributed by atoms with E-state index in [9.17, 15) is 12.8 Å². The van der Waals surface area contributed by atoms with Crippen LogP contribution in [0.5, 0.6) is 5.75 Å². The van der Waals surface area contributed by atoms with Gasteiger partial charge in [0, 0.05) is 32.7 Å².